The molecule has 3 nitrogen and oxygen atoms in total. The molecule has 0 saturated heterocycles. The van der Waals surface area contributed by atoms with E-state index < -0.39 is 11.4 Å². The first-order valence-corrected chi connectivity index (χ1v) is 13.7. The summed E-state index contributed by atoms with van der Waals surface area (Å²) >= 11 is 3.89. The maximum Gasteiger partial charge on any atom is 0.309 e. The van der Waals surface area contributed by atoms with Gasteiger partial charge >= 0.3 is 5.97 Å². The van der Waals surface area contributed by atoms with Crippen molar-refractivity contribution in [1.29, 1.82) is 0 Å². The molecule has 2 heterocycles. The molecule has 32 heavy (non-hydrogen) atoms. The van der Waals surface area contributed by atoms with Gasteiger partial charge in [-0.25, -0.2) is 0 Å². The molecule has 180 valence electrons. The van der Waals surface area contributed by atoms with E-state index in [-0.39, 0.29) is 12.0 Å². The van der Waals surface area contributed by atoms with E-state index in [4.69, 9.17) is 0 Å². The van der Waals surface area contributed by atoms with Gasteiger partial charge in [-0.15, -0.1) is 22.7 Å². The third kappa shape index (κ3) is 9.76. The molecule has 0 aliphatic heterocycles. The van der Waals surface area contributed by atoms with Gasteiger partial charge in [0.1, 0.15) is 0 Å². The van der Waals surface area contributed by atoms with E-state index >= 15 is 0 Å². The first-order valence-electron chi connectivity index (χ1n) is 12.1. The highest BCUT2D eigenvalue weighted by Crippen LogP contribution is 2.27. The number of aliphatic carboxylic acids is 1. The minimum atomic E-state index is -0.698. The van der Waals surface area contributed by atoms with E-state index in [1.54, 1.807) is 0 Å². The van der Waals surface area contributed by atoms with E-state index in [1.807, 2.05) is 36.5 Å². The van der Waals surface area contributed by atoms with Crippen LogP contribution in [0.4, 0.5) is 0 Å². The number of hydrogen-bond acceptors (Lipinski definition) is 4. The highest BCUT2D eigenvalue weighted by molar-refractivity contribution is 7.12. The van der Waals surface area contributed by atoms with Crippen LogP contribution < -0.4 is 0 Å². The smallest absolute Gasteiger partial charge is 0.309 e. The van der Waals surface area contributed by atoms with E-state index in [2.05, 4.69) is 38.1 Å². The zero-order chi connectivity index (χ0) is 23.6. The van der Waals surface area contributed by atoms with Crippen molar-refractivity contribution in [3.8, 4) is 0 Å². The number of rotatable bonds is 16. The SMILES string of the molecule is CC(C)(CO)CCCCc1ccc(CCCc2ccc(CCCCC(C)(C)C(=O)O)s2)s1. The Morgan fingerprint density at radius 3 is 1.53 bits per heavy atom. The number of aliphatic hydroxyl groups excluding tert-OH is 1. The maximum atomic E-state index is 11.2. The Labute approximate surface area is 202 Å². The molecule has 0 atom stereocenters. The summed E-state index contributed by atoms with van der Waals surface area (Å²) in [5.74, 6) is -0.698. The number of thiophene rings is 2. The molecule has 2 N–H and O–H groups in total. The van der Waals surface area contributed by atoms with Gasteiger partial charge in [-0.3, -0.25) is 4.79 Å². The van der Waals surface area contributed by atoms with Crippen molar-refractivity contribution >= 4 is 28.6 Å². The van der Waals surface area contributed by atoms with Crippen molar-refractivity contribution in [2.75, 3.05) is 6.61 Å². The zero-order valence-electron chi connectivity index (χ0n) is 20.4. The third-order valence-corrected chi connectivity index (χ3v) is 8.70. The molecule has 5 heteroatoms. The number of unbranched alkanes of at least 4 members (excludes halogenated alkanes) is 2. The van der Waals surface area contributed by atoms with Gasteiger partial charge in [-0.1, -0.05) is 26.7 Å². The fourth-order valence-electron chi connectivity index (χ4n) is 3.77. The van der Waals surface area contributed by atoms with Crippen molar-refractivity contribution < 1.29 is 15.0 Å². The fourth-order valence-corrected chi connectivity index (χ4v) is 5.98. The Balaban J connectivity index is 1.62. The molecule has 0 radical (unpaired) electrons. The second kappa shape index (κ2) is 12.9. The van der Waals surface area contributed by atoms with E-state index in [0.717, 1.165) is 51.4 Å². The second-order valence-electron chi connectivity index (χ2n) is 10.5. The van der Waals surface area contributed by atoms with Gasteiger partial charge in [0.25, 0.3) is 0 Å². The lowest BCUT2D eigenvalue weighted by molar-refractivity contribution is -0.147. The molecule has 0 saturated carbocycles. The fraction of sp³-hybridized carbons (Fsp3) is 0.667. The zero-order valence-corrected chi connectivity index (χ0v) is 22.0. The lowest BCUT2D eigenvalue weighted by Gasteiger charge is -2.20. The Bertz CT molecular complexity index is 816. The summed E-state index contributed by atoms with van der Waals surface area (Å²) in [4.78, 5) is 17.1. The van der Waals surface area contributed by atoms with Gasteiger partial charge in [-0.2, -0.15) is 0 Å². The average molecular weight is 479 g/mol. The highest BCUT2D eigenvalue weighted by Gasteiger charge is 2.26. The summed E-state index contributed by atoms with van der Waals surface area (Å²) in [6.45, 7) is 8.17. The van der Waals surface area contributed by atoms with Crippen LogP contribution in [-0.2, 0) is 30.5 Å². The summed E-state index contributed by atoms with van der Waals surface area (Å²) in [5.41, 5.74) is -0.557. The Kier molecular flexibility index (Phi) is 10.9. The van der Waals surface area contributed by atoms with Crippen molar-refractivity contribution in [1.82, 2.24) is 0 Å². The molecule has 0 spiro atoms. The highest BCUT2D eigenvalue weighted by atomic mass is 32.1. The van der Waals surface area contributed by atoms with Crippen molar-refractivity contribution in [2.24, 2.45) is 10.8 Å². The van der Waals surface area contributed by atoms with Crippen molar-refractivity contribution in [3.63, 3.8) is 0 Å². The number of carboxylic acid groups (broad SMARTS) is 1. The molecule has 2 rings (SSSR count). The Morgan fingerprint density at radius 2 is 1.12 bits per heavy atom. The minimum absolute atomic E-state index is 0.0551. The van der Waals surface area contributed by atoms with Crippen LogP contribution in [0, 0.1) is 10.8 Å². The van der Waals surface area contributed by atoms with Crippen LogP contribution in [-0.4, -0.2) is 22.8 Å². The number of carbonyl (C=O) groups is 1. The second-order valence-corrected chi connectivity index (χ2v) is 13.0. The Morgan fingerprint density at radius 1 is 0.719 bits per heavy atom. The lowest BCUT2D eigenvalue weighted by Crippen LogP contribution is -2.23. The molecule has 2 aromatic rings. The lowest BCUT2D eigenvalue weighted by atomic mass is 9.87. The summed E-state index contributed by atoms with van der Waals surface area (Å²) in [6.07, 6.45) is 11.9. The molecule has 0 unspecified atom stereocenters. The predicted octanol–water partition coefficient (Wildman–Crippen LogP) is 7.54. The van der Waals surface area contributed by atoms with Crippen LogP contribution in [0.15, 0.2) is 24.3 Å². The van der Waals surface area contributed by atoms with Crippen molar-refractivity contribution in [2.45, 2.75) is 98.3 Å². The van der Waals surface area contributed by atoms with E-state index in [9.17, 15) is 15.0 Å². The molecular weight excluding hydrogens is 436 g/mol. The van der Waals surface area contributed by atoms with Crippen LogP contribution in [0.2, 0.25) is 0 Å². The molecule has 0 fully saturated rings. The molecule has 0 amide bonds. The van der Waals surface area contributed by atoms with Crippen LogP contribution in [0.25, 0.3) is 0 Å². The van der Waals surface area contributed by atoms with Gasteiger partial charge in [0, 0.05) is 26.1 Å². The van der Waals surface area contributed by atoms with E-state index in [0.29, 0.717) is 0 Å². The van der Waals surface area contributed by atoms with Crippen LogP contribution in [0.3, 0.4) is 0 Å². The first-order chi connectivity index (χ1) is 15.1. The predicted molar refractivity (Wildman–Crippen MR) is 138 cm³/mol. The largest absolute Gasteiger partial charge is 0.481 e. The topological polar surface area (TPSA) is 57.5 Å². The van der Waals surface area contributed by atoms with Crippen molar-refractivity contribution in [3.05, 3.63) is 43.8 Å². The number of carboxylic acids is 1. The Hall–Kier alpha value is -1.17. The third-order valence-electron chi connectivity index (χ3n) is 6.29. The first kappa shape index (κ1) is 27.1. The van der Waals surface area contributed by atoms with Gasteiger partial charge in [0.2, 0.25) is 0 Å². The molecule has 0 aromatic carbocycles. The molecular formula is C27H42O3S2. The normalized spacial score (nSPS) is 12.4. The monoisotopic (exact) mass is 478 g/mol. The maximum absolute atomic E-state index is 11.2. The van der Waals surface area contributed by atoms with Gasteiger partial charge in [0.15, 0.2) is 0 Å². The number of aryl methyl sites for hydroxylation is 4. The quantitative estimate of drug-likeness (QED) is 0.245. The van der Waals surface area contributed by atoms with Gasteiger partial charge in [-0.05, 0) is 101 Å². The summed E-state index contributed by atoms with van der Waals surface area (Å²) in [5, 5.41) is 18.6. The van der Waals surface area contributed by atoms with E-state index in [1.165, 1.54) is 38.8 Å². The minimum Gasteiger partial charge on any atom is -0.481 e. The number of aliphatic hydroxyl groups is 1. The summed E-state index contributed by atoms with van der Waals surface area (Å²) in [7, 11) is 0. The van der Waals surface area contributed by atoms with Crippen LogP contribution in [0.1, 0.15) is 92.1 Å². The molecule has 2 aromatic heterocycles. The average Bonchev–Trinajstić information content (AvgIpc) is 3.38. The van der Waals surface area contributed by atoms with Gasteiger partial charge in [0.05, 0.1) is 5.41 Å². The summed E-state index contributed by atoms with van der Waals surface area (Å²) < 4.78 is 0. The number of hydrogen-bond donors (Lipinski definition) is 2. The standard InChI is InChI=1S/C27H42O3S2/c1-26(2,20-28)18-7-5-10-21-14-16-23(31-21)12-9-13-24-17-15-22(32-24)11-6-8-19-27(3,4)25(29)30/h14-17,28H,5-13,18-20H2,1-4H3,(H,29,30). The van der Waals surface area contributed by atoms with Crippen LogP contribution in [0.5, 0.6) is 0 Å². The molecule has 0 aliphatic rings. The summed E-state index contributed by atoms with van der Waals surface area (Å²) in [6, 6.07) is 9.13. The van der Waals surface area contributed by atoms with Gasteiger partial charge < -0.3 is 10.2 Å². The molecule has 0 bridgehead atoms. The molecule has 0 aliphatic carbocycles. The van der Waals surface area contributed by atoms with Crippen LogP contribution >= 0.6 is 22.7 Å².